The van der Waals surface area contributed by atoms with E-state index in [1.54, 1.807) is 0 Å². The first-order valence-electron chi connectivity index (χ1n) is 3.51. The third-order valence-electron chi connectivity index (χ3n) is 1.46. The Morgan fingerprint density at radius 2 is 2.36 bits per heavy atom. The second-order valence-electron chi connectivity index (χ2n) is 2.41. The van der Waals surface area contributed by atoms with Crippen LogP contribution in [0.15, 0.2) is 0 Å². The number of rotatable bonds is 1. The molecule has 1 aliphatic rings. The van der Waals surface area contributed by atoms with Crippen LogP contribution in [0.2, 0.25) is 0 Å². The molecule has 1 fully saturated rings. The molecule has 0 saturated carbocycles. The quantitative estimate of drug-likeness (QED) is 0.419. The molecular formula is C9H9NO. The molecule has 0 radical (unpaired) electrons. The van der Waals surface area contributed by atoms with Gasteiger partial charge in [-0.05, 0) is 0 Å². The number of terminal acetylenes is 1. The Kier molecular flexibility index (Phi) is 2.58. The van der Waals surface area contributed by atoms with Gasteiger partial charge in [0.15, 0.2) is 0 Å². The van der Waals surface area contributed by atoms with E-state index in [9.17, 15) is 4.79 Å². The van der Waals surface area contributed by atoms with Crippen LogP contribution in [0, 0.1) is 24.2 Å². The molecule has 0 aromatic rings. The van der Waals surface area contributed by atoms with E-state index in [1.807, 2.05) is 0 Å². The topological polar surface area (TPSA) is 29.1 Å². The average molecular weight is 147 g/mol. The first kappa shape index (κ1) is 7.69. The monoisotopic (exact) mass is 147 g/mol. The lowest BCUT2D eigenvalue weighted by Crippen LogP contribution is -2.48. The predicted octanol–water partition coefficient (Wildman–Crippen LogP) is 0.292. The molecule has 11 heavy (non-hydrogen) atoms. The summed E-state index contributed by atoms with van der Waals surface area (Å²) in [5, 5.41) is 2.73. The first-order valence-corrected chi connectivity index (χ1v) is 3.51. The molecule has 1 heterocycles. The molecule has 0 aliphatic carbocycles. The molecule has 0 aromatic heterocycles. The molecule has 1 unspecified atom stereocenters. The van der Waals surface area contributed by atoms with Crippen molar-refractivity contribution in [2.75, 3.05) is 0 Å². The van der Waals surface area contributed by atoms with E-state index in [0.29, 0.717) is 12.8 Å². The van der Waals surface area contributed by atoms with E-state index >= 15 is 0 Å². The van der Waals surface area contributed by atoms with E-state index in [4.69, 9.17) is 6.42 Å². The standard InChI is InChI=1S/C9H9NO/c1-2-3-4-5-6-8-7-9(11)10-8/h1,8H,3,6-7H2,(H,10,11). The van der Waals surface area contributed by atoms with Crippen LogP contribution in [0.1, 0.15) is 19.3 Å². The van der Waals surface area contributed by atoms with Crippen LogP contribution in [0.5, 0.6) is 0 Å². The maximum atomic E-state index is 10.4. The summed E-state index contributed by atoms with van der Waals surface area (Å²) in [6.07, 6.45) is 6.84. The van der Waals surface area contributed by atoms with Gasteiger partial charge in [0.25, 0.3) is 0 Å². The fraction of sp³-hybridized carbons (Fsp3) is 0.444. The summed E-state index contributed by atoms with van der Waals surface area (Å²) >= 11 is 0. The predicted molar refractivity (Wildman–Crippen MR) is 42.4 cm³/mol. The second kappa shape index (κ2) is 3.68. The molecule has 0 spiro atoms. The van der Waals surface area contributed by atoms with Gasteiger partial charge in [-0.1, -0.05) is 11.8 Å². The molecule has 1 aliphatic heterocycles. The number of carbonyl (C=O) groups excluding carboxylic acids is 1. The van der Waals surface area contributed by atoms with Gasteiger partial charge in [-0.3, -0.25) is 4.79 Å². The number of carbonyl (C=O) groups is 1. The van der Waals surface area contributed by atoms with Crippen LogP contribution in [0.3, 0.4) is 0 Å². The minimum atomic E-state index is 0.119. The van der Waals surface area contributed by atoms with Gasteiger partial charge in [-0.2, -0.15) is 0 Å². The molecule has 56 valence electrons. The zero-order chi connectivity index (χ0) is 8.10. The van der Waals surface area contributed by atoms with Crippen molar-refractivity contribution in [1.82, 2.24) is 5.32 Å². The number of β-lactam (4-membered cyclic amide) rings is 1. The van der Waals surface area contributed by atoms with Crippen LogP contribution in [0.4, 0.5) is 0 Å². The zero-order valence-electron chi connectivity index (χ0n) is 6.18. The van der Waals surface area contributed by atoms with Crippen LogP contribution in [-0.4, -0.2) is 11.9 Å². The third kappa shape index (κ3) is 2.35. The van der Waals surface area contributed by atoms with Gasteiger partial charge in [0.2, 0.25) is 5.91 Å². The maximum absolute atomic E-state index is 10.4. The van der Waals surface area contributed by atoms with Crippen molar-refractivity contribution < 1.29 is 4.79 Å². The van der Waals surface area contributed by atoms with Crippen LogP contribution >= 0.6 is 0 Å². The molecule has 0 bridgehead atoms. The summed E-state index contributed by atoms with van der Waals surface area (Å²) in [6, 6.07) is 0.271. The maximum Gasteiger partial charge on any atom is 0.222 e. The molecule has 1 atom stereocenters. The smallest absolute Gasteiger partial charge is 0.222 e. The highest BCUT2D eigenvalue weighted by Crippen LogP contribution is 2.06. The minimum absolute atomic E-state index is 0.119. The highest BCUT2D eigenvalue weighted by molar-refractivity contribution is 5.82. The Bertz CT molecular complexity index is 243. The molecule has 1 amide bonds. The minimum Gasteiger partial charge on any atom is -0.352 e. The Morgan fingerprint density at radius 3 is 2.91 bits per heavy atom. The van der Waals surface area contributed by atoms with Crippen molar-refractivity contribution in [3.63, 3.8) is 0 Å². The second-order valence-corrected chi connectivity index (χ2v) is 2.41. The number of amides is 1. The largest absolute Gasteiger partial charge is 0.352 e. The molecular weight excluding hydrogens is 138 g/mol. The van der Waals surface area contributed by atoms with Crippen molar-refractivity contribution in [2.45, 2.75) is 25.3 Å². The summed E-state index contributed by atoms with van der Waals surface area (Å²) < 4.78 is 0. The fourth-order valence-electron chi connectivity index (χ4n) is 0.862. The molecule has 2 heteroatoms. The summed E-state index contributed by atoms with van der Waals surface area (Å²) in [5.74, 6) is 8.26. The van der Waals surface area contributed by atoms with Crippen molar-refractivity contribution in [3.8, 4) is 24.2 Å². The van der Waals surface area contributed by atoms with Gasteiger partial charge in [-0.25, -0.2) is 0 Å². The number of hydrogen-bond donors (Lipinski definition) is 1. The van der Waals surface area contributed by atoms with Gasteiger partial charge in [0.1, 0.15) is 0 Å². The van der Waals surface area contributed by atoms with Crippen LogP contribution < -0.4 is 5.32 Å². The molecule has 1 rings (SSSR count). The van der Waals surface area contributed by atoms with Gasteiger partial charge in [0, 0.05) is 18.9 Å². The number of nitrogens with one attached hydrogen (secondary N) is 1. The van der Waals surface area contributed by atoms with Crippen molar-refractivity contribution in [3.05, 3.63) is 0 Å². The summed E-state index contributed by atoms with van der Waals surface area (Å²) in [5.41, 5.74) is 0. The van der Waals surface area contributed by atoms with Crippen molar-refractivity contribution in [2.24, 2.45) is 0 Å². The lowest BCUT2D eigenvalue weighted by Gasteiger charge is -2.24. The Morgan fingerprint density at radius 1 is 1.64 bits per heavy atom. The SMILES string of the molecule is C#CCC#CCC1CC(=O)N1. The number of hydrogen-bond acceptors (Lipinski definition) is 1. The highest BCUT2D eigenvalue weighted by atomic mass is 16.2. The van der Waals surface area contributed by atoms with Crippen molar-refractivity contribution in [1.29, 1.82) is 0 Å². The fourth-order valence-corrected chi connectivity index (χ4v) is 0.862. The summed E-state index contributed by atoms with van der Waals surface area (Å²) in [7, 11) is 0. The molecule has 2 nitrogen and oxygen atoms in total. The Balaban J connectivity index is 2.11. The van der Waals surface area contributed by atoms with Crippen LogP contribution in [-0.2, 0) is 4.79 Å². The highest BCUT2D eigenvalue weighted by Gasteiger charge is 2.23. The van der Waals surface area contributed by atoms with Gasteiger partial charge in [0.05, 0.1) is 6.42 Å². The van der Waals surface area contributed by atoms with Gasteiger partial charge < -0.3 is 5.32 Å². The first-order chi connectivity index (χ1) is 5.33. The van der Waals surface area contributed by atoms with Crippen molar-refractivity contribution >= 4 is 5.91 Å². The normalized spacial score (nSPS) is 20.3. The summed E-state index contributed by atoms with van der Waals surface area (Å²) in [6.45, 7) is 0. The Hall–Kier alpha value is -1.41. The average Bonchev–Trinajstić information content (AvgIpc) is 1.94. The summed E-state index contributed by atoms with van der Waals surface area (Å²) in [4.78, 5) is 10.4. The van der Waals surface area contributed by atoms with Gasteiger partial charge >= 0.3 is 0 Å². The molecule has 1 N–H and O–H groups in total. The zero-order valence-corrected chi connectivity index (χ0v) is 6.18. The lowest BCUT2D eigenvalue weighted by molar-refractivity contribution is -0.127. The van der Waals surface area contributed by atoms with E-state index in [0.717, 1.165) is 6.42 Å². The van der Waals surface area contributed by atoms with E-state index in [1.165, 1.54) is 0 Å². The Labute approximate surface area is 66.4 Å². The van der Waals surface area contributed by atoms with E-state index in [2.05, 4.69) is 23.1 Å². The molecule has 0 aromatic carbocycles. The van der Waals surface area contributed by atoms with E-state index in [-0.39, 0.29) is 11.9 Å². The lowest BCUT2D eigenvalue weighted by atomic mass is 10.0. The van der Waals surface area contributed by atoms with Gasteiger partial charge in [-0.15, -0.1) is 12.3 Å². The van der Waals surface area contributed by atoms with Crippen LogP contribution in [0.25, 0.3) is 0 Å². The van der Waals surface area contributed by atoms with E-state index < -0.39 is 0 Å². The third-order valence-corrected chi connectivity index (χ3v) is 1.46. The molecule has 1 saturated heterocycles.